The van der Waals surface area contributed by atoms with E-state index < -0.39 is 5.41 Å². The second-order valence-corrected chi connectivity index (χ2v) is 4.32. The lowest BCUT2D eigenvalue weighted by atomic mass is 9.70. The quantitative estimate of drug-likeness (QED) is 0.717. The predicted octanol–water partition coefficient (Wildman–Crippen LogP) is 2.41. The van der Waals surface area contributed by atoms with Crippen molar-refractivity contribution in [1.29, 1.82) is 0 Å². The van der Waals surface area contributed by atoms with Crippen LogP contribution in [0.3, 0.4) is 0 Å². The minimum atomic E-state index is -0.657. The first-order valence-electron chi connectivity index (χ1n) is 5.40. The molecule has 0 unspecified atom stereocenters. The second kappa shape index (κ2) is 4.16. The van der Waals surface area contributed by atoms with Crippen LogP contribution in [0.25, 0.3) is 0 Å². The van der Waals surface area contributed by atoms with Crippen LogP contribution in [0.15, 0.2) is 24.3 Å². The molecule has 2 nitrogen and oxygen atoms in total. The maximum absolute atomic E-state index is 13.1. The molecule has 1 aromatic rings. The molecule has 0 bridgehead atoms. The minimum Gasteiger partial charge on any atom is -0.302 e. The van der Waals surface area contributed by atoms with Crippen LogP contribution < -0.4 is 0 Å². The van der Waals surface area contributed by atoms with Crippen molar-refractivity contribution in [3.63, 3.8) is 0 Å². The van der Waals surface area contributed by atoms with Gasteiger partial charge in [0, 0.05) is 12.8 Å². The molecule has 0 amide bonds. The van der Waals surface area contributed by atoms with Gasteiger partial charge in [0.1, 0.15) is 17.9 Å². The van der Waals surface area contributed by atoms with E-state index in [0.29, 0.717) is 31.2 Å². The number of aldehydes is 1. The molecule has 0 heterocycles. The van der Waals surface area contributed by atoms with Crippen LogP contribution in [0.5, 0.6) is 0 Å². The predicted molar refractivity (Wildman–Crippen MR) is 57.6 cm³/mol. The van der Waals surface area contributed by atoms with Gasteiger partial charge in [0.25, 0.3) is 0 Å². The standard InChI is InChI=1S/C13H13FO2/c14-11-3-1-2-10(8-11)13(9-15)6-4-12(16)5-7-13/h1-3,8-9H,4-7H2. The lowest BCUT2D eigenvalue weighted by molar-refractivity contribution is -0.123. The molecule has 3 heteroatoms. The Morgan fingerprint density at radius 1 is 1.25 bits per heavy atom. The van der Waals surface area contributed by atoms with E-state index in [1.54, 1.807) is 12.1 Å². The van der Waals surface area contributed by atoms with Gasteiger partial charge >= 0.3 is 0 Å². The van der Waals surface area contributed by atoms with E-state index in [1.807, 2.05) is 0 Å². The van der Waals surface area contributed by atoms with Gasteiger partial charge < -0.3 is 4.79 Å². The highest BCUT2D eigenvalue weighted by atomic mass is 19.1. The molecule has 1 fully saturated rings. The number of hydrogen-bond donors (Lipinski definition) is 0. The molecule has 0 spiro atoms. The van der Waals surface area contributed by atoms with Gasteiger partial charge in [-0.1, -0.05) is 12.1 Å². The molecule has 0 radical (unpaired) electrons. The molecule has 1 saturated carbocycles. The van der Waals surface area contributed by atoms with Gasteiger partial charge in [0.2, 0.25) is 0 Å². The van der Waals surface area contributed by atoms with Gasteiger partial charge in [-0.25, -0.2) is 4.39 Å². The fourth-order valence-electron chi connectivity index (χ4n) is 2.25. The first-order valence-corrected chi connectivity index (χ1v) is 5.40. The summed E-state index contributed by atoms with van der Waals surface area (Å²) in [4.78, 5) is 22.4. The van der Waals surface area contributed by atoms with E-state index in [2.05, 4.69) is 0 Å². The van der Waals surface area contributed by atoms with Crippen LogP contribution in [0.1, 0.15) is 31.2 Å². The summed E-state index contributed by atoms with van der Waals surface area (Å²) in [6.45, 7) is 0. The average molecular weight is 220 g/mol. The smallest absolute Gasteiger partial charge is 0.133 e. The first-order chi connectivity index (χ1) is 7.66. The largest absolute Gasteiger partial charge is 0.302 e. The normalized spacial score (nSPS) is 19.4. The Morgan fingerprint density at radius 2 is 1.94 bits per heavy atom. The van der Waals surface area contributed by atoms with Crippen LogP contribution in [0, 0.1) is 5.82 Å². The Kier molecular flexibility index (Phi) is 2.86. The van der Waals surface area contributed by atoms with Crippen molar-refractivity contribution in [2.45, 2.75) is 31.1 Å². The van der Waals surface area contributed by atoms with Crippen LogP contribution in [-0.4, -0.2) is 12.1 Å². The highest BCUT2D eigenvalue weighted by molar-refractivity contribution is 5.83. The maximum Gasteiger partial charge on any atom is 0.133 e. The maximum atomic E-state index is 13.1. The Morgan fingerprint density at radius 3 is 2.50 bits per heavy atom. The van der Waals surface area contributed by atoms with E-state index in [0.717, 1.165) is 6.29 Å². The van der Waals surface area contributed by atoms with Crippen LogP contribution in [-0.2, 0) is 15.0 Å². The zero-order valence-corrected chi connectivity index (χ0v) is 8.91. The third kappa shape index (κ3) is 1.90. The molecule has 0 N–H and O–H groups in total. The summed E-state index contributed by atoms with van der Waals surface area (Å²) in [6, 6.07) is 6.11. The van der Waals surface area contributed by atoms with Crippen molar-refractivity contribution in [1.82, 2.24) is 0 Å². The van der Waals surface area contributed by atoms with E-state index in [1.165, 1.54) is 12.1 Å². The molecule has 0 atom stereocenters. The summed E-state index contributed by atoms with van der Waals surface area (Å²) >= 11 is 0. The molecule has 16 heavy (non-hydrogen) atoms. The molecule has 0 saturated heterocycles. The average Bonchev–Trinajstić information content (AvgIpc) is 2.31. The van der Waals surface area contributed by atoms with Crippen LogP contribution in [0.4, 0.5) is 4.39 Å². The van der Waals surface area contributed by atoms with Gasteiger partial charge in [0.05, 0.1) is 5.41 Å². The molecular weight excluding hydrogens is 207 g/mol. The summed E-state index contributed by atoms with van der Waals surface area (Å²) in [6.07, 6.45) is 2.69. The summed E-state index contributed by atoms with van der Waals surface area (Å²) < 4.78 is 13.1. The van der Waals surface area contributed by atoms with Crippen LogP contribution >= 0.6 is 0 Å². The summed E-state index contributed by atoms with van der Waals surface area (Å²) in [5.74, 6) is -0.149. The molecule has 1 aliphatic rings. The molecule has 84 valence electrons. The van der Waals surface area contributed by atoms with Gasteiger partial charge in [-0.3, -0.25) is 4.79 Å². The topological polar surface area (TPSA) is 34.1 Å². The fraction of sp³-hybridized carbons (Fsp3) is 0.385. The van der Waals surface area contributed by atoms with E-state index in [-0.39, 0.29) is 11.6 Å². The number of rotatable bonds is 2. The third-order valence-electron chi connectivity index (χ3n) is 3.33. The van der Waals surface area contributed by atoms with Crippen LogP contribution in [0.2, 0.25) is 0 Å². The zero-order chi connectivity index (χ0) is 11.6. The molecule has 1 aromatic carbocycles. The number of Topliss-reactive ketones (excluding diaryl/α,β-unsaturated/α-hetero) is 1. The van der Waals surface area contributed by atoms with Gasteiger partial charge in [-0.2, -0.15) is 0 Å². The number of carbonyl (C=O) groups excluding carboxylic acids is 2. The van der Waals surface area contributed by atoms with Crippen molar-refractivity contribution in [3.8, 4) is 0 Å². The number of benzene rings is 1. The Hall–Kier alpha value is -1.51. The SMILES string of the molecule is O=CC1(c2cccc(F)c2)CCC(=O)CC1. The highest BCUT2D eigenvalue weighted by Gasteiger charge is 2.36. The molecule has 1 aliphatic carbocycles. The Labute approximate surface area is 93.5 Å². The lowest BCUT2D eigenvalue weighted by Crippen LogP contribution is -2.33. The molecule has 0 aliphatic heterocycles. The second-order valence-electron chi connectivity index (χ2n) is 4.32. The fourth-order valence-corrected chi connectivity index (χ4v) is 2.25. The summed E-state index contributed by atoms with van der Waals surface area (Å²) in [5.41, 5.74) is 0.0331. The summed E-state index contributed by atoms with van der Waals surface area (Å²) in [5, 5.41) is 0. The van der Waals surface area contributed by atoms with E-state index in [4.69, 9.17) is 0 Å². The first kappa shape index (κ1) is 11.0. The monoisotopic (exact) mass is 220 g/mol. The number of ketones is 1. The number of carbonyl (C=O) groups is 2. The van der Waals surface area contributed by atoms with Crippen molar-refractivity contribution in [2.75, 3.05) is 0 Å². The Bertz CT molecular complexity index is 416. The van der Waals surface area contributed by atoms with Crippen molar-refractivity contribution in [2.24, 2.45) is 0 Å². The summed E-state index contributed by atoms with van der Waals surface area (Å²) in [7, 11) is 0. The zero-order valence-electron chi connectivity index (χ0n) is 8.91. The van der Waals surface area contributed by atoms with Crippen molar-refractivity contribution < 1.29 is 14.0 Å². The molecule has 0 aromatic heterocycles. The van der Waals surface area contributed by atoms with Gasteiger partial charge in [-0.15, -0.1) is 0 Å². The van der Waals surface area contributed by atoms with E-state index in [9.17, 15) is 14.0 Å². The van der Waals surface area contributed by atoms with E-state index >= 15 is 0 Å². The highest BCUT2D eigenvalue weighted by Crippen LogP contribution is 2.36. The molecular formula is C13H13FO2. The van der Waals surface area contributed by atoms with Crippen molar-refractivity contribution in [3.05, 3.63) is 35.6 Å². The van der Waals surface area contributed by atoms with Crippen molar-refractivity contribution >= 4 is 12.1 Å². The van der Waals surface area contributed by atoms with Gasteiger partial charge in [0.15, 0.2) is 0 Å². The van der Waals surface area contributed by atoms with Gasteiger partial charge in [-0.05, 0) is 30.5 Å². The Balaban J connectivity index is 2.35. The minimum absolute atomic E-state index is 0.189. The number of halogens is 1. The molecule has 2 rings (SSSR count). The number of hydrogen-bond acceptors (Lipinski definition) is 2. The third-order valence-corrected chi connectivity index (χ3v) is 3.33. The lowest BCUT2D eigenvalue weighted by Gasteiger charge is -2.31.